The lowest BCUT2D eigenvalue weighted by atomic mass is 9.75. The van der Waals surface area contributed by atoms with E-state index in [1.165, 1.54) is 19.3 Å². The molecular weight excluding hydrogens is 226 g/mol. The third kappa shape index (κ3) is 4.19. The lowest BCUT2D eigenvalue weighted by molar-refractivity contribution is 0.0250. The second-order valence-corrected chi connectivity index (χ2v) is 5.94. The van der Waals surface area contributed by atoms with Gasteiger partial charge in [-0.15, -0.1) is 0 Å². The smallest absolute Gasteiger partial charge is 0.0446 e. The van der Waals surface area contributed by atoms with Gasteiger partial charge in [-0.05, 0) is 53.4 Å². The number of nitrogens with zero attached hydrogens (tertiary/aromatic N) is 2. The first-order chi connectivity index (χ1) is 8.54. The van der Waals surface area contributed by atoms with Gasteiger partial charge in [0.05, 0.1) is 0 Å². The summed E-state index contributed by atoms with van der Waals surface area (Å²) >= 11 is 0. The molecule has 0 spiro atoms. The van der Waals surface area contributed by atoms with Crippen LogP contribution in [0.4, 0.5) is 0 Å². The van der Waals surface area contributed by atoms with Gasteiger partial charge in [-0.3, -0.25) is 0 Å². The molecular formula is C14H31N3O. The molecule has 0 aromatic carbocycles. The summed E-state index contributed by atoms with van der Waals surface area (Å²) in [7, 11) is 6.59. The molecule has 4 heteroatoms. The third-order valence-electron chi connectivity index (χ3n) is 4.30. The fraction of sp³-hybridized carbons (Fsp3) is 1.00. The summed E-state index contributed by atoms with van der Waals surface area (Å²) in [6.07, 6.45) is 4.83. The summed E-state index contributed by atoms with van der Waals surface area (Å²) in [6, 6.07) is 0.407. The first kappa shape index (κ1) is 15.9. The van der Waals surface area contributed by atoms with Crippen molar-refractivity contribution in [2.45, 2.75) is 44.2 Å². The highest BCUT2D eigenvalue weighted by Gasteiger charge is 2.39. The monoisotopic (exact) mass is 257 g/mol. The maximum Gasteiger partial charge on any atom is 0.0446 e. The summed E-state index contributed by atoms with van der Waals surface area (Å²) in [6.45, 7) is 5.51. The molecule has 1 unspecified atom stereocenters. The predicted molar refractivity (Wildman–Crippen MR) is 76.9 cm³/mol. The van der Waals surface area contributed by atoms with E-state index >= 15 is 0 Å². The van der Waals surface area contributed by atoms with E-state index in [1.54, 1.807) is 0 Å². The summed E-state index contributed by atoms with van der Waals surface area (Å²) in [5.74, 6) is 0. The zero-order valence-corrected chi connectivity index (χ0v) is 12.6. The molecule has 4 nitrogen and oxygen atoms in total. The van der Waals surface area contributed by atoms with Crippen molar-refractivity contribution in [1.29, 1.82) is 0 Å². The minimum atomic E-state index is 0.268. The van der Waals surface area contributed by atoms with Crippen LogP contribution >= 0.6 is 0 Å². The number of nitrogens with one attached hydrogen (secondary N) is 1. The highest BCUT2D eigenvalue weighted by atomic mass is 16.3. The van der Waals surface area contributed by atoms with Crippen molar-refractivity contribution in [3.05, 3.63) is 0 Å². The largest absolute Gasteiger partial charge is 0.396 e. The van der Waals surface area contributed by atoms with Crippen molar-refractivity contribution in [1.82, 2.24) is 15.1 Å². The van der Waals surface area contributed by atoms with Gasteiger partial charge in [-0.1, -0.05) is 6.92 Å². The molecule has 1 rings (SSSR count). The molecule has 0 amide bonds. The molecule has 1 fully saturated rings. The first-order valence-corrected chi connectivity index (χ1v) is 7.24. The van der Waals surface area contributed by atoms with Crippen LogP contribution in [0.25, 0.3) is 0 Å². The molecule has 1 aliphatic rings. The van der Waals surface area contributed by atoms with Crippen LogP contribution in [0.15, 0.2) is 0 Å². The Bertz CT molecular complexity index is 223. The molecule has 108 valence electrons. The van der Waals surface area contributed by atoms with Crippen molar-refractivity contribution < 1.29 is 5.11 Å². The van der Waals surface area contributed by atoms with Crippen molar-refractivity contribution in [3.8, 4) is 0 Å². The van der Waals surface area contributed by atoms with E-state index in [2.05, 4.69) is 43.2 Å². The highest BCUT2D eigenvalue weighted by molar-refractivity contribution is 4.98. The summed E-state index contributed by atoms with van der Waals surface area (Å²) in [4.78, 5) is 4.81. The minimum absolute atomic E-state index is 0.268. The zero-order valence-electron chi connectivity index (χ0n) is 12.6. The van der Waals surface area contributed by atoms with Gasteiger partial charge >= 0.3 is 0 Å². The lowest BCUT2D eigenvalue weighted by Gasteiger charge is -2.49. The molecule has 0 aliphatic heterocycles. The number of hydrogen-bond acceptors (Lipinski definition) is 4. The number of aliphatic hydroxyl groups excluding tert-OH is 1. The Morgan fingerprint density at radius 2 is 1.94 bits per heavy atom. The molecule has 2 N–H and O–H groups in total. The number of likely N-dealkylation sites (N-methyl/N-ethyl adjacent to an activating group) is 3. The highest BCUT2D eigenvalue weighted by Crippen LogP contribution is 2.36. The van der Waals surface area contributed by atoms with E-state index in [0.717, 1.165) is 26.1 Å². The molecule has 1 saturated carbocycles. The third-order valence-corrected chi connectivity index (χ3v) is 4.30. The Morgan fingerprint density at radius 1 is 1.28 bits per heavy atom. The number of aliphatic hydroxyl groups is 1. The minimum Gasteiger partial charge on any atom is -0.396 e. The van der Waals surface area contributed by atoms with Gasteiger partial charge in [0, 0.05) is 31.3 Å². The van der Waals surface area contributed by atoms with Crippen LogP contribution in [-0.2, 0) is 0 Å². The van der Waals surface area contributed by atoms with E-state index < -0.39 is 0 Å². The van der Waals surface area contributed by atoms with Crippen LogP contribution in [-0.4, -0.2) is 73.9 Å². The Morgan fingerprint density at radius 3 is 2.33 bits per heavy atom. The molecule has 0 radical (unpaired) electrons. The van der Waals surface area contributed by atoms with Gasteiger partial charge in [0.15, 0.2) is 0 Å². The number of hydrogen-bond donors (Lipinski definition) is 2. The van der Waals surface area contributed by atoms with Crippen molar-refractivity contribution in [2.75, 3.05) is 47.4 Å². The van der Waals surface area contributed by atoms with Gasteiger partial charge in [0.25, 0.3) is 0 Å². The van der Waals surface area contributed by atoms with Crippen molar-refractivity contribution in [3.63, 3.8) is 0 Å². The first-order valence-electron chi connectivity index (χ1n) is 7.24. The molecule has 0 heterocycles. The van der Waals surface area contributed by atoms with Crippen LogP contribution in [0.1, 0.15) is 32.6 Å². The molecule has 0 aromatic heterocycles. The van der Waals surface area contributed by atoms with Gasteiger partial charge < -0.3 is 20.2 Å². The summed E-state index contributed by atoms with van der Waals surface area (Å²) < 4.78 is 0. The van der Waals surface area contributed by atoms with Gasteiger partial charge in [-0.25, -0.2) is 0 Å². The number of rotatable bonds is 9. The molecule has 1 aliphatic carbocycles. The van der Waals surface area contributed by atoms with Crippen LogP contribution < -0.4 is 5.32 Å². The average Bonchev–Trinajstić information content (AvgIpc) is 2.23. The predicted octanol–water partition coefficient (Wildman–Crippen LogP) is 0.763. The van der Waals surface area contributed by atoms with Crippen molar-refractivity contribution in [2.24, 2.45) is 0 Å². The van der Waals surface area contributed by atoms with E-state index in [0.29, 0.717) is 11.6 Å². The Hall–Kier alpha value is -0.160. The van der Waals surface area contributed by atoms with Gasteiger partial charge in [0.1, 0.15) is 0 Å². The second-order valence-electron chi connectivity index (χ2n) is 5.94. The topological polar surface area (TPSA) is 38.7 Å². The van der Waals surface area contributed by atoms with Crippen LogP contribution in [0.2, 0.25) is 0 Å². The fourth-order valence-electron chi connectivity index (χ4n) is 2.98. The van der Waals surface area contributed by atoms with E-state index in [4.69, 9.17) is 5.11 Å². The zero-order chi connectivity index (χ0) is 13.6. The molecule has 0 saturated heterocycles. The fourth-order valence-corrected chi connectivity index (χ4v) is 2.98. The normalized spacial score (nSPS) is 20.2. The van der Waals surface area contributed by atoms with E-state index in [-0.39, 0.29) is 6.61 Å². The maximum atomic E-state index is 9.09. The molecule has 0 bridgehead atoms. The van der Waals surface area contributed by atoms with E-state index in [9.17, 15) is 0 Å². The quantitative estimate of drug-likeness (QED) is 0.640. The SMILES string of the molecule is CCNC(CCO)CN(C)CC1(N(C)C)CCC1. The lowest BCUT2D eigenvalue weighted by Crippen LogP contribution is -2.57. The Balaban J connectivity index is 2.41. The van der Waals surface area contributed by atoms with Crippen LogP contribution in [0.3, 0.4) is 0 Å². The molecule has 0 aromatic rings. The molecule has 1 atom stereocenters. The Labute approximate surface area is 112 Å². The summed E-state index contributed by atoms with van der Waals surface area (Å²) in [5, 5.41) is 12.5. The van der Waals surface area contributed by atoms with Crippen molar-refractivity contribution >= 4 is 0 Å². The van der Waals surface area contributed by atoms with Gasteiger partial charge in [0.2, 0.25) is 0 Å². The van der Waals surface area contributed by atoms with Crippen LogP contribution in [0.5, 0.6) is 0 Å². The maximum absolute atomic E-state index is 9.09. The Kier molecular flexibility index (Phi) is 6.57. The second kappa shape index (κ2) is 7.43. The van der Waals surface area contributed by atoms with E-state index in [1.807, 2.05) is 0 Å². The average molecular weight is 257 g/mol. The standard InChI is InChI=1S/C14H31N3O/c1-5-15-13(7-10-18)11-17(4)12-14(16(2)3)8-6-9-14/h13,15,18H,5-12H2,1-4H3. The molecule has 18 heavy (non-hydrogen) atoms. The summed E-state index contributed by atoms with van der Waals surface area (Å²) in [5.41, 5.74) is 0.394. The van der Waals surface area contributed by atoms with Crippen LogP contribution in [0, 0.1) is 0 Å². The van der Waals surface area contributed by atoms with Gasteiger partial charge in [-0.2, -0.15) is 0 Å².